The van der Waals surface area contributed by atoms with Crippen molar-refractivity contribution in [2.75, 3.05) is 0 Å². The summed E-state index contributed by atoms with van der Waals surface area (Å²) in [6, 6.07) is 0. The summed E-state index contributed by atoms with van der Waals surface area (Å²) in [5.41, 5.74) is 1.17. The lowest BCUT2D eigenvalue weighted by Crippen LogP contribution is -2.16. The number of hydrogen-bond acceptors (Lipinski definition) is 3. The summed E-state index contributed by atoms with van der Waals surface area (Å²) in [6.07, 6.45) is 1.83. The molecule has 0 spiro atoms. The molecule has 60 valence electrons. The second-order valence-electron chi connectivity index (χ2n) is 2.19. The predicted octanol–water partition coefficient (Wildman–Crippen LogP) is 0.818. The maximum Gasteiger partial charge on any atom is 0.207 e. The average Bonchev–Trinajstić information content (AvgIpc) is 2.34. The quantitative estimate of drug-likeness (QED) is 0.397. The Morgan fingerprint density at radius 3 is 3.18 bits per heavy atom. The van der Waals surface area contributed by atoms with Crippen molar-refractivity contribution in [1.29, 1.82) is 0 Å². The van der Waals surface area contributed by atoms with Crippen molar-refractivity contribution in [3.8, 4) is 0 Å². The van der Waals surface area contributed by atoms with Crippen molar-refractivity contribution >= 4 is 11.3 Å². The van der Waals surface area contributed by atoms with Gasteiger partial charge in [0.25, 0.3) is 0 Å². The Bertz CT molecular complexity index is 308. The van der Waals surface area contributed by atoms with Gasteiger partial charge in [-0.25, -0.2) is 0 Å². The molecule has 0 radical (unpaired) electrons. The van der Waals surface area contributed by atoms with E-state index in [0.29, 0.717) is 0 Å². The van der Waals surface area contributed by atoms with E-state index in [4.69, 9.17) is 5.84 Å². The van der Waals surface area contributed by atoms with Gasteiger partial charge in [0, 0.05) is 17.6 Å². The molecule has 0 aliphatic carbocycles. The minimum atomic E-state index is 0.769. The molecule has 11 heavy (non-hydrogen) atoms. The molecule has 0 saturated heterocycles. The standard InChI is InChI=1S/C7H11N3S/c1-3-4-10-6(2)5-11-7(10)9-8/h3,5H,1,4,8H2,2H3/b9-7+. The molecule has 1 heterocycles. The van der Waals surface area contributed by atoms with E-state index in [9.17, 15) is 0 Å². The van der Waals surface area contributed by atoms with Crippen LogP contribution in [0.4, 0.5) is 0 Å². The van der Waals surface area contributed by atoms with E-state index in [0.717, 1.165) is 11.3 Å². The Balaban J connectivity index is 3.18. The van der Waals surface area contributed by atoms with Crippen LogP contribution in [-0.2, 0) is 6.54 Å². The van der Waals surface area contributed by atoms with Crippen molar-refractivity contribution in [3.05, 3.63) is 28.5 Å². The Morgan fingerprint density at radius 2 is 2.64 bits per heavy atom. The Hall–Kier alpha value is -1.03. The fourth-order valence-corrected chi connectivity index (χ4v) is 1.68. The first kappa shape index (κ1) is 8.07. The van der Waals surface area contributed by atoms with Crippen molar-refractivity contribution in [1.82, 2.24) is 4.57 Å². The van der Waals surface area contributed by atoms with Crippen LogP contribution in [0.1, 0.15) is 5.69 Å². The van der Waals surface area contributed by atoms with Gasteiger partial charge in [0.05, 0.1) is 0 Å². The van der Waals surface area contributed by atoms with E-state index in [-0.39, 0.29) is 0 Å². The summed E-state index contributed by atoms with van der Waals surface area (Å²) < 4.78 is 2.01. The smallest absolute Gasteiger partial charge is 0.207 e. The molecular weight excluding hydrogens is 158 g/mol. The first-order valence-corrected chi connectivity index (χ1v) is 4.17. The molecule has 0 unspecified atom stereocenters. The second-order valence-corrected chi connectivity index (χ2v) is 3.02. The van der Waals surface area contributed by atoms with Crippen molar-refractivity contribution in [2.45, 2.75) is 13.5 Å². The third-order valence-corrected chi connectivity index (χ3v) is 2.41. The van der Waals surface area contributed by atoms with E-state index in [1.807, 2.05) is 22.9 Å². The number of allylic oxidation sites excluding steroid dienone is 1. The highest BCUT2D eigenvalue weighted by Gasteiger charge is 1.96. The summed E-state index contributed by atoms with van der Waals surface area (Å²) in [6.45, 7) is 6.45. The van der Waals surface area contributed by atoms with Gasteiger partial charge >= 0.3 is 0 Å². The zero-order valence-corrected chi connectivity index (χ0v) is 7.27. The fraction of sp³-hybridized carbons (Fsp3) is 0.286. The number of hydrogen-bond donors (Lipinski definition) is 1. The van der Waals surface area contributed by atoms with Gasteiger partial charge in [0.1, 0.15) is 0 Å². The number of nitrogens with zero attached hydrogens (tertiary/aromatic N) is 2. The summed E-state index contributed by atoms with van der Waals surface area (Å²) in [7, 11) is 0. The van der Waals surface area contributed by atoms with E-state index >= 15 is 0 Å². The zero-order valence-electron chi connectivity index (χ0n) is 6.45. The Kier molecular flexibility index (Phi) is 2.48. The Morgan fingerprint density at radius 1 is 1.91 bits per heavy atom. The molecule has 0 aliphatic rings. The third-order valence-electron chi connectivity index (χ3n) is 1.41. The Labute approximate surface area is 69.5 Å². The van der Waals surface area contributed by atoms with Gasteiger partial charge in [-0.1, -0.05) is 6.08 Å². The van der Waals surface area contributed by atoms with E-state index in [2.05, 4.69) is 11.7 Å². The highest BCUT2D eigenvalue weighted by Crippen LogP contribution is 1.98. The molecule has 0 fully saturated rings. The van der Waals surface area contributed by atoms with Crippen LogP contribution in [0.2, 0.25) is 0 Å². The lowest BCUT2D eigenvalue weighted by Gasteiger charge is -1.98. The van der Waals surface area contributed by atoms with Gasteiger partial charge in [-0.2, -0.15) is 5.10 Å². The third kappa shape index (κ3) is 1.51. The minimum Gasteiger partial charge on any atom is -0.320 e. The number of thiazole rings is 1. The molecule has 0 amide bonds. The molecule has 0 saturated carbocycles. The summed E-state index contributed by atoms with van der Waals surface area (Å²) in [5.74, 6) is 5.17. The first-order valence-electron chi connectivity index (χ1n) is 3.29. The van der Waals surface area contributed by atoms with Crippen molar-refractivity contribution < 1.29 is 0 Å². The van der Waals surface area contributed by atoms with Gasteiger partial charge in [-0.15, -0.1) is 17.9 Å². The van der Waals surface area contributed by atoms with Gasteiger partial charge in [0.15, 0.2) is 0 Å². The van der Waals surface area contributed by atoms with E-state index in [1.54, 1.807) is 0 Å². The van der Waals surface area contributed by atoms with Crippen LogP contribution in [-0.4, -0.2) is 4.57 Å². The average molecular weight is 169 g/mol. The number of rotatable bonds is 2. The largest absolute Gasteiger partial charge is 0.320 e. The number of aryl methyl sites for hydroxylation is 1. The van der Waals surface area contributed by atoms with Gasteiger partial charge in [-0.3, -0.25) is 0 Å². The minimum absolute atomic E-state index is 0.769. The molecule has 1 rings (SSSR count). The maximum atomic E-state index is 5.17. The molecule has 0 aromatic carbocycles. The number of aromatic nitrogens is 1. The maximum absolute atomic E-state index is 5.17. The SMILES string of the molecule is C=CCn1c(C)cs/c1=N/N. The summed E-state index contributed by atoms with van der Waals surface area (Å²) in [5, 5.41) is 5.67. The molecule has 3 nitrogen and oxygen atoms in total. The molecule has 0 aliphatic heterocycles. The van der Waals surface area contributed by atoms with Crippen LogP contribution in [0, 0.1) is 6.92 Å². The van der Waals surface area contributed by atoms with Crippen LogP contribution in [0.15, 0.2) is 23.1 Å². The fourth-order valence-electron chi connectivity index (χ4n) is 0.867. The monoisotopic (exact) mass is 169 g/mol. The van der Waals surface area contributed by atoms with Crippen LogP contribution in [0.25, 0.3) is 0 Å². The molecule has 0 bridgehead atoms. The molecule has 4 heteroatoms. The van der Waals surface area contributed by atoms with Crippen LogP contribution < -0.4 is 10.6 Å². The molecule has 1 aromatic rings. The number of nitrogens with two attached hydrogens (primary N) is 1. The molecular formula is C7H11N3S. The van der Waals surface area contributed by atoms with Crippen molar-refractivity contribution in [2.24, 2.45) is 10.9 Å². The van der Waals surface area contributed by atoms with Crippen LogP contribution >= 0.6 is 11.3 Å². The highest BCUT2D eigenvalue weighted by atomic mass is 32.1. The van der Waals surface area contributed by atoms with Gasteiger partial charge in [0.2, 0.25) is 4.80 Å². The summed E-state index contributed by atoms with van der Waals surface area (Å²) in [4.78, 5) is 0.836. The molecule has 2 N–H and O–H groups in total. The molecule has 0 atom stereocenters. The van der Waals surface area contributed by atoms with Gasteiger partial charge < -0.3 is 10.4 Å². The summed E-state index contributed by atoms with van der Waals surface area (Å²) >= 11 is 1.54. The van der Waals surface area contributed by atoms with Gasteiger partial charge in [-0.05, 0) is 6.92 Å². The van der Waals surface area contributed by atoms with Crippen molar-refractivity contribution in [3.63, 3.8) is 0 Å². The van der Waals surface area contributed by atoms with Crippen LogP contribution in [0.3, 0.4) is 0 Å². The lowest BCUT2D eigenvalue weighted by molar-refractivity contribution is 0.751. The zero-order chi connectivity index (χ0) is 8.27. The highest BCUT2D eigenvalue weighted by molar-refractivity contribution is 7.07. The van der Waals surface area contributed by atoms with E-state index in [1.165, 1.54) is 17.0 Å². The van der Waals surface area contributed by atoms with Crippen LogP contribution in [0.5, 0.6) is 0 Å². The first-order chi connectivity index (χ1) is 5.29. The normalized spacial score (nSPS) is 11.9. The molecule has 1 aromatic heterocycles. The predicted molar refractivity (Wildman–Crippen MR) is 47.0 cm³/mol. The topological polar surface area (TPSA) is 43.3 Å². The van der Waals surface area contributed by atoms with E-state index < -0.39 is 0 Å². The lowest BCUT2D eigenvalue weighted by atomic mass is 10.5. The second kappa shape index (κ2) is 3.39.